The van der Waals surface area contributed by atoms with E-state index in [0.29, 0.717) is 6.54 Å². The number of aromatic nitrogens is 1. The Hall–Kier alpha value is -2.90. The second-order valence-corrected chi connectivity index (χ2v) is 5.70. The number of carbonyl (C=O) groups excluding carboxylic acids is 1. The number of para-hydroxylation sites is 2. The van der Waals surface area contributed by atoms with Crippen LogP contribution in [0.3, 0.4) is 0 Å². The zero-order chi connectivity index (χ0) is 18.0. The molecule has 7 nitrogen and oxygen atoms in total. The molecule has 3 rings (SSSR count). The van der Waals surface area contributed by atoms with Crippen LogP contribution in [0.5, 0.6) is 0 Å². The van der Waals surface area contributed by atoms with Crippen LogP contribution in [0.25, 0.3) is 21.8 Å². The normalized spacial score (nSPS) is 13.7. The SMILES string of the molecule is O=C(O)[C@H](O)[C@@H](O)C(=O)NCCn1c2ccccc2c2ccccc21. The third-order valence-corrected chi connectivity index (χ3v) is 4.14. The molecule has 130 valence electrons. The first-order chi connectivity index (χ1) is 12.0. The van der Waals surface area contributed by atoms with E-state index >= 15 is 0 Å². The smallest absolute Gasteiger partial charge is 0.335 e. The number of benzene rings is 2. The van der Waals surface area contributed by atoms with E-state index in [-0.39, 0.29) is 6.54 Å². The summed E-state index contributed by atoms with van der Waals surface area (Å²) in [6, 6.07) is 15.8. The van der Waals surface area contributed by atoms with Gasteiger partial charge in [0.25, 0.3) is 5.91 Å². The van der Waals surface area contributed by atoms with Gasteiger partial charge < -0.3 is 25.2 Å². The third-order valence-electron chi connectivity index (χ3n) is 4.14. The minimum Gasteiger partial charge on any atom is -0.479 e. The van der Waals surface area contributed by atoms with Crippen LogP contribution in [0.1, 0.15) is 0 Å². The monoisotopic (exact) mass is 342 g/mol. The zero-order valence-electron chi connectivity index (χ0n) is 13.3. The van der Waals surface area contributed by atoms with E-state index in [0.717, 1.165) is 21.8 Å². The van der Waals surface area contributed by atoms with E-state index in [1.54, 1.807) is 0 Å². The van der Waals surface area contributed by atoms with Gasteiger partial charge >= 0.3 is 5.97 Å². The van der Waals surface area contributed by atoms with Crippen molar-refractivity contribution in [2.45, 2.75) is 18.8 Å². The minimum absolute atomic E-state index is 0.185. The van der Waals surface area contributed by atoms with Crippen LogP contribution in [0, 0.1) is 0 Å². The predicted molar refractivity (Wildman–Crippen MR) is 92.1 cm³/mol. The average molecular weight is 342 g/mol. The highest BCUT2D eigenvalue weighted by Crippen LogP contribution is 2.28. The van der Waals surface area contributed by atoms with E-state index in [1.165, 1.54) is 0 Å². The molecule has 0 bridgehead atoms. The first-order valence-electron chi connectivity index (χ1n) is 7.83. The van der Waals surface area contributed by atoms with Crippen molar-refractivity contribution < 1.29 is 24.9 Å². The molecule has 3 aromatic rings. The molecular formula is C18H18N2O5. The minimum atomic E-state index is -2.15. The molecule has 0 saturated carbocycles. The summed E-state index contributed by atoms with van der Waals surface area (Å²) >= 11 is 0. The van der Waals surface area contributed by atoms with Gasteiger partial charge in [0.2, 0.25) is 0 Å². The molecule has 0 saturated heterocycles. The number of carbonyl (C=O) groups is 2. The maximum absolute atomic E-state index is 11.8. The Morgan fingerprint density at radius 3 is 1.96 bits per heavy atom. The van der Waals surface area contributed by atoms with E-state index in [4.69, 9.17) is 5.11 Å². The molecule has 25 heavy (non-hydrogen) atoms. The zero-order valence-corrected chi connectivity index (χ0v) is 13.3. The Morgan fingerprint density at radius 1 is 0.920 bits per heavy atom. The fraction of sp³-hybridized carbons (Fsp3) is 0.222. The summed E-state index contributed by atoms with van der Waals surface area (Å²) in [6.45, 7) is 0.626. The number of aliphatic carboxylic acids is 1. The van der Waals surface area contributed by atoms with Crippen molar-refractivity contribution in [2.75, 3.05) is 6.54 Å². The number of hydrogen-bond donors (Lipinski definition) is 4. The summed E-state index contributed by atoms with van der Waals surface area (Å²) in [5.74, 6) is -2.57. The molecule has 0 radical (unpaired) electrons. The van der Waals surface area contributed by atoms with Crippen molar-refractivity contribution in [2.24, 2.45) is 0 Å². The van der Waals surface area contributed by atoms with Crippen molar-refractivity contribution in [3.63, 3.8) is 0 Å². The lowest BCUT2D eigenvalue weighted by Gasteiger charge is -2.14. The van der Waals surface area contributed by atoms with Crippen LogP contribution < -0.4 is 5.32 Å². The molecule has 0 aliphatic carbocycles. The van der Waals surface area contributed by atoms with E-state index < -0.39 is 24.1 Å². The van der Waals surface area contributed by atoms with Crippen molar-refractivity contribution in [1.29, 1.82) is 0 Å². The van der Waals surface area contributed by atoms with Crippen molar-refractivity contribution >= 4 is 33.7 Å². The summed E-state index contributed by atoms with van der Waals surface area (Å²) < 4.78 is 2.05. The quantitative estimate of drug-likeness (QED) is 0.527. The number of fused-ring (bicyclic) bond motifs is 3. The molecule has 1 amide bonds. The number of aliphatic hydroxyl groups is 2. The first-order valence-corrected chi connectivity index (χ1v) is 7.83. The predicted octanol–water partition coefficient (Wildman–Crippen LogP) is 0.717. The molecule has 4 N–H and O–H groups in total. The molecule has 0 fully saturated rings. The van der Waals surface area contributed by atoms with Gasteiger partial charge in [-0.3, -0.25) is 4.79 Å². The topological polar surface area (TPSA) is 112 Å². The van der Waals surface area contributed by atoms with Crippen LogP contribution in [0.4, 0.5) is 0 Å². The number of nitrogens with zero attached hydrogens (tertiary/aromatic N) is 1. The molecule has 0 unspecified atom stereocenters. The highest BCUT2D eigenvalue weighted by Gasteiger charge is 2.29. The van der Waals surface area contributed by atoms with Gasteiger partial charge in [-0.1, -0.05) is 36.4 Å². The van der Waals surface area contributed by atoms with Gasteiger partial charge in [-0.05, 0) is 12.1 Å². The number of aliphatic hydroxyl groups excluding tert-OH is 2. The van der Waals surface area contributed by atoms with Crippen LogP contribution in [0.2, 0.25) is 0 Å². The summed E-state index contributed by atoms with van der Waals surface area (Å²) in [6.07, 6.45) is -4.15. The fourth-order valence-electron chi connectivity index (χ4n) is 2.92. The van der Waals surface area contributed by atoms with Crippen LogP contribution in [-0.2, 0) is 16.1 Å². The Morgan fingerprint density at radius 2 is 1.44 bits per heavy atom. The Labute approximate surface area is 143 Å². The molecule has 2 aromatic carbocycles. The van der Waals surface area contributed by atoms with E-state index in [1.807, 2.05) is 53.1 Å². The average Bonchev–Trinajstić information content (AvgIpc) is 2.94. The van der Waals surface area contributed by atoms with Gasteiger partial charge in [-0.15, -0.1) is 0 Å². The summed E-state index contributed by atoms with van der Waals surface area (Å²) in [7, 11) is 0. The lowest BCUT2D eigenvalue weighted by atomic mass is 10.2. The fourth-order valence-corrected chi connectivity index (χ4v) is 2.92. The molecule has 1 aromatic heterocycles. The van der Waals surface area contributed by atoms with Gasteiger partial charge in [0.05, 0.1) is 0 Å². The molecule has 1 heterocycles. The number of carboxylic acid groups (broad SMARTS) is 1. The number of nitrogens with one attached hydrogen (secondary N) is 1. The van der Waals surface area contributed by atoms with Gasteiger partial charge in [-0.25, -0.2) is 4.79 Å². The van der Waals surface area contributed by atoms with Crippen LogP contribution in [-0.4, -0.2) is 50.5 Å². The van der Waals surface area contributed by atoms with Gasteiger partial charge in [-0.2, -0.15) is 0 Å². The number of hydrogen-bond acceptors (Lipinski definition) is 4. The van der Waals surface area contributed by atoms with Crippen molar-refractivity contribution in [1.82, 2.24) is 9.88 Å². The molecule has 7 heteroatoms. The van der Waals surface area contributed by atoms with Crippen molar-refractivity contribution in [3.05, 3.63) is 48.5 Å². The van der Waals surface area contributed by atoms with Gasteiger partial charge in [0.1, 0.15) is 0 Å². The van der Waals surface area contributed by atoms with Crippen LogP contribution in [0.15, 0.2) is 48.5 Å². The number of carboxylic acids is 1. The summed E-state index contributed by atoms with van der Waals surface area (Å²) in [4.78, 5) is 22.4. The lowest BCUT2D eigenvalue weighted by Crippen LogP contribution is -2.46. The summed E-state index contributed by atoms with van der Waals surface area (Å²) in [5.41, 5.74) is 2.04. The standard InChI is InChI=1S/C18H18N2O5/c21-15(16(22)18(24)25)17(23)19-9-10-20-13-7-3-1-5-11(13)12-6-2-4-8-14(12)20/h1-8,15-16,21-22H,9-10H2,(H,19,23)(H,24,25)/t15-,16-/m1/s1. The number of amides is 1. The highest BCUT2D eigenvalue weighted by atomic mass is 16.4. The van der Waals surface area contributed by atoms with Gasteiger partial charge in [0, 0.05) is 34.9 Å². The van der Waals surface area contributed by atoms with Crippen molar-refractivity contribution in [3.8, 4) is 0 Å². The van der Waals surface area contributed by atoms with E-state index in [2.05, 4.69) is 5.32 Å². The summed E-state index contributed by atoms with van der Waals surface area (Å²) in [5, 5.41) is 32.0. The molecular weight excluding hydrogens is 324 g/mol. The second-order valence-electron chi connectivity index (χ2n) is 5.70. The Kier molecular flexibility index (Phi) is 4.69. The Bertz CT molecular complexity index is 880. The molecule has 0 spiro atoms. The third kappa shape index (κ3) is 3.19. The largest absolute Gasteiger partial charge is 0.479 e. The van der Waals surface area contributed by atoms with Gasteiger partial charge in [0.15, 0.2) is 12.2 Å². The lowest BCUT2D eigenvalue weighted by molar-refractivity contribution is -0.158. The van der Waals surface area contributed by atoms with E-state index in [9.17, 15) is 19.8 Å². The molecule has 0 aliphatic heterocycles. The molecule has 2 atom stereocenters. The van der Waals surface area contributed by atoms with Crippen LogP contribution >= 0.6 is 0 Å². The second kappa shape index (κ2) is 6.92. The number of rotatable bonds is 6. The molecule has 0 aliphatic rings. The maximum Gasteiger partial charge on any atom is 0.335 e. The highest BCUT2D eigenvalue weighted by molar-refractivity contribution is 6.07. The first kappa shape index (κ1) is 16.9. The Balaban J connectivity index is 1.77. The maximum atomic E-state index is 11.8.